The molecule has 1 fully saturated rings. The fourth-order valence-electron chi connectivity index (χ4n) is 3.85. The highest BCUT2D eigenvalue weighted by Crippen LogP contribution is 2.38. The second-order valence-electron chi connectivity index (χ2n) is 7.03. The van der Waals surface area contributed by atoms with Gasteiger partial charge in [-0.2, -0.15) is 0 Å². The number of hydrogen-bond donors (Lipinski definition) is 0. The quantitative estimate of drug-likeness (QED) is 0.838. The first-order chi connectivity index (χ1) is 13.1. The average Bonchev–Trinajstić information content (AvgIpc) is 3.06. The SMILES string of the molecule is CC(=O)N1C2=CCN(Cc3ccccn3)C(C)=C2CN1c1ccccc1C. The summed E-state index contributed by atoms with van der Waals surface area (Å²) in [5.41, 5.74) is 6.70. The first-order valence-electron chi connectivity index (χ1n) is 9.25. The maximum Gasteiger partial charge on any atom is 0.242 e. The molecule has 0 N–H and O–H groups in total. The number of nitrogens with zero attached hydrogens (tertiary/aromatic N) is 4. The number of aromatic nitrogens is 1. The van der Waals surface area contributed by atoms with E-state index in [-0.39, 0.29) is 5.91 Å². The lowest BCUT2D eigenvalue weighted by Gasteiger charge is -2.32. The highest BCUT2D eigenvalue weighted by molar-refractivity contribution is 5.81. The van der Waals surface area contributed by atoms with Crippen LogP contribution in [0, 0.1) is 6.92 Å². The number of fused-ring (bicyclic) bond motifs is 1. The molecule has 2 aliphatic rings. The van der Waals surface area contributed by atoms with Crippen LogP contribution >= 0.6 is 0 Å². The van der Waals surface area contributed by atoms with Gasteiger partial charge in [0.05, 0.1) is 30.2 Å². The molecular weight excluding hydrogens is 336 g/mol. The first kappa shape index (κ1) is 17.3. The first-order valence-corrected chi connectivity index (χ1v) is 9.25. The smallest absolute Gasteiger partial charge is 0.242 e. The van der Waals surface area contributed by atoms with Gasteiger partial charge >= 0.3 is 0 Å². The minimum Gasteiger partial charge on any atom is -0.365 e. The second-order valence-corrected chi connectivity index (χ2v) is 7.03. The van der Waals surface area contributed by atoms with Crippen LogP contribution in [-0.2, 0) is 11.3 Å². The third kappa shape index (κ3) is 3.10. The number of anilines is 1. The van der Waals surface area contributed by atoms with Gasteiger partial charge in [0, 0.05) is 30.9 Å². The lowest BCUT2D eigenvalue weighted by atomic mass is 10.1. The summed E-state index contributed by atoms with van der Waals surface area (Å²) in [5.74, 6) is 0.0329. The topological polar surface area (TPSA) is 39.7 Å². The van der Waals surface area contributed by atoms with E-state index >= 15 is 0 Å². The van der Waals surface area contributed by atoms with E-state index in [2.05, 4.69) is 46.9 Å². The van der Waals surface area contributed by atoms with Crippen molar-refractivity contribution in [1.29, 1.82) is 0 Å². The number of allylic oxidation sites excluding steroid dienone is 1. The fourth-order valence-corrected chi connectivity index (χ4v) is 3.85. The van der Waals surface area contributed by atoms with Crippen LogP contribution in [0.15, 0.2) is 71.7 Å². The molecule has 1 aromatic heterocycles. The van der Waals surface area contributed by atoms with E-state index in [1.807, 2.05) is 41.5 Å². The lowest BCUT2D eigenvalue weighted by molar-refractivity contribution is -0.126. The molecule has 1 amide bonds. The van der Waals surface area contributed by atoms with Gasteiger partial charge < -0.3 is 4.90 Å². The van der Waals surface area contributed by atoms with Gasteiger partial charge in [-0.05, 0) is 43.7 Å². The maximum absolute atomic E-state index is 12.5. The summed E-state index contributed by atoms with van der Waals surface area (Å²) in [5, 5.41) is 3.91. The molecule has 3 heterocycles. The van der Waals surface area contributed by atoms with Crippen LogP contribution in [0.1, 0.15) is 25.1 Å². The Labute approximate surface area is 160 Å². The molecule has 0 aliphatic carbocycles. The van der Waals surface area contributed by atoms with Crippen LogP contribution in [0.25, 0.3) is 0 Å². The van der Waals surface area contributed by atoms with Crippen molar-refractivity contribution in [3.63, 3.8) is 0 Å². The number of amides is 1. The summed E-state index contributed by atoms with van der Waals surface area (Å²) in [4.78, 5) is 19.2. The van der Waals surface area contributed by atoms with Gasteiger partial charge in [-0.1, -0.05) is 24.3 Å². The largest absolute Gasteiger partial charge is 0.365 e. The summed E-state index contributed by atoms with van der Waals surface area (Å²) in [6, 6.07) is 14.2. The van der Waals surface area contributed by atoms with Crippen LogP contribution in [0.2, 0.25) is 0 Å². The predicted molar refractivity (Wildman–Crippen MR) is 106 cm³/mol. The zero-order valence-corrected chi connectivity index (χ0v) is 16.0. The van der Waals surface area contributed by atoms with Crippen LogP contribution in [0.4, 0.5) is 5.69 Å². The van der Waals surface area contributed by atoms with E-state index in [0.717, 1.165) is 35.7 Å². The number of rotatable bonds is 3. The van der Waals surface area contributed by atoms with Gasteiger partial charge in [-0.15, -0.1) is 0 Å². The van der Waals surface area contributed by atoms with Gasteiger partial charge in [-0.25, -0.2) is 5.01 Å². The molecule has 27 heavy (non-hydrogen) atoms. The number of para-hydroxylation sites is 1. The highest BCUT2D eigenvalue weighted by Gasteiger charge is 2.37. The van der Waals surface area contributed by atoms with Crippen molar-refractivity contribution in [1.82, 2.24) is 14.9 Å². The Hall–Kier alpha value is -3.08. The average molecular weight is 360 g/mol. The minimum atomic E-state index is 0.0329. The van der Waals surface area contributed by atoms with Gasteiger partial charge in [0.15, 0.2) is 0 Å². The minimum absolute atomic E-state index is 0.0329. The monoisotopic (exact) mass is 360 g/mol. The zero-order chi connectivity index (χ0) is 19.0. The molecule has 2 aliphatic heterocycles. The van der Waals surface area contributed by atoms with Crippen molar-refractivity contribution in [2.24, 2.45) is 0 Å². The van der Waals surface area contributed by atoms with E-state index in [1.54, 1.807) is 6.92 Å². The summed E-state index contributed by atoms with van der Waals surface area (Å²) in [6.07, 6.45) is 3.99. The van der Waals surface area contributed by atoms with Crippen LogP contribution < -0.4 is 5.01 Å². The molecule has 5 heteroatoms. The van der Waals surface area contributed by atoms with Crippen molar-refractivity contribution >= 4 is 11.6 Å². The third-order valence-corrected chi connectivity index (χ3v) is 5.27. The molecule has 138 valence electrons. The summed E-state index contributed by atoms with van der Waals surface area (Å²) >= 11 is 0. The Balaban J connectivity index is 1.69. The summed E-state index contributed by atoms with van der Waals surface area (Å²) in [7, 11) is 0. The molecule has 2 aromatic rings. The zero-order valence-electron chi connectivity index (χ0n) is 16.0. The molecule has 5 nitrogen and oxygen atoms in total. The maximum atomic E-state index is 12.5. The predicted octanol–water partition coefficient (Wildman–Crippen LogP) is 3.65. The van der Waals surface area contributed by atoms with E-state index < -0.39 is 0 Å². The normalized spacial score (nSPS) is 16.6. The number of pyridine rings is 1. The van der Waals surface area contributed by atoms with Crippen LogP contribution in [0.5, 0.6) is 0 Å². The molecule has 4 rings (SSSR count). The Morgan fingerprint density at radius 1 is 1.11 bits per heavy atom. The Morgan fingerprint density at radius 2 is 1.89 bits per heavy atom. The Kier molecular flexibility index (Phi) is 4.44. The number of aryl methyl sites for hydroxylation is 1. The molecule has 0 spiro atoms. The number of carbonyl (C=O) groups is 1. The fraction of sp³-hybridized carbons (Fsp3) is 0.273. The van der Waals surface area contributed by atoms with E-state index in [4.69, 9.17) is 0 Å². The summed E-state index contributed by atoms with van der Waals surface area (Å²) in [6.45, 7) is 8.09. The van der Waals surface area contributed by atoms with Gasteiger partial charge in [0.2, 0.25) is 5.91 Å². The molecule has 1 aromatic carbocycles. The molecule has 1 saturated heterocycles. The number of hydrazine groups is 1. The molecule has 0 unspecified atom stereocenters. The Morgan fingerprint density at radius 3 is 2.59 bits per heavy atom. The number of carbonyl (C=O) groups excluding carboxylic acids is 1. The highest BCUT2D eigenvalue weighted by atomic mass is 16.2. The third-order valence-electron chi connectivity index (χ3n) is 5.27. The van der Waals surface area contributed by atoms with Crippen molar-refractivity contribution < 1.29 is 4.79 Å². The van der Waals surface area contributed by atoms with Gasteiger partial charge in [-0.3, -0.25) is 14.8 Å². The number of benzene rings is 1. The molecular formula is C22H24N4O. The van der Waals surface area contributed by atoms with E-state index in [1.165, 1.54) is 11.3 Å². The number of hydrogen-bond acceptors (Lipinski definition) is 4. The van der Waals surface area contributed by atoms with Gasteiger partial charge in [0.25, 0.3) is 0 Å². The summed E-state index contributed by atoms with van der Waals surface area (Å²) < 4.78 is 0. The molecule has 0 atom stereocenters. The van der Waals surface area contributed by atoms with E-state index in [0.29, 0.717) is 6.54 Å². The van der Waals surface area contributed by atoms with Gasteiger partial charge in [0.1, 0.15) is 0 Å². The molecule has 0 bridgehead atoms. The standard InChI is InChI=1S/C22H24N4O/c1-16-8-4-5-10-21(16)25-15-20-17(2)24(14-19-9-6-7-12-23-19)13-11-22(20)26(25)18(3)27/h4-12H,13-15H2,1-3H3. The second kappa shape index (κ2) is 6.91. The van der Waals surface area contributed by atoms with Crippen molar-refractivity contribution in [2.45, 2.75) is 27.3 Å². The van der Waals surface area contributed by atoms with E-state index in [9.17, 15) is 4.79 Å². The Bertz CT molecular complexity index is 932. The van der Waals surface area contributed by atoms with Crippen LogP contribution in [-0.4, -0.2) is 33.9 Å². The van der Waals surface area contributed by atoms with Crippen molar-refractivity contribution in [3.05, 3.63) is 83.0 Å². The van der Waals surface area contributed by atoms with Crippen LogP contribution in [0.3, 0.4) is 0 Å². The molecule has 0 saturated carbocycles. The van der Waals surface area contributed by atoms with Crippen molar-refractivity contribution in [3.8, 4) is 0 Å². The lowest BCUT2D eigenvalue weighted by Crippen LogP contribution is -2.39. The molecule has 0 radical (unpaired) electrons. The van der Waals surface area contributed by atoms with Crippen molar-refractivity contribution in [2.75, 3.05) is 18.1 Å².